The Morgan fingerprint density at radius 3 is 2.43 bits per heavy atom. The maximum Gasteiger partial charge on any atom is 0.264 e. The standard InChI is InChI=1S/C21H16N6O/c1-14-19(25-18-10-6-5-9-17(18)24-14)12-26-13-22-20-16(21(26)28)11-23-27(20)15-7-3-2-4-8-15/h2-11,13H,12H2,1H3. The lowest BCUT2D eigenvalue weighted by Crippen LogP contribution is -2.22. The Bertz CT molecular complexity index is 1370. The van der Waals surface area contributed by atoms with E-state index in [1.54, 1.807) is 21.8 Å². The van der Waals surface area contributed by atoms with E-state index in [4.69, 9.17) is 0 Å². The van der Waals surface area contributed by atoms with E-state index in [0.717, 1.165) is 28.1 Å². The Balaban J connectivity index is 1.58. The zero-order valence-electron chi connectivity index (χ0n) is 15.1. The minimum Gasteiger partial charge on any atom is -0.292 e. The van der Waals surface area contributed by atoms with Crippen LogP contribution < -0.4 is 5.56 Å². The van der Waals surface area contributed by atoms with Crippen LogP contribution in [0.15, 0.2) is 71.9 Å². The summed E-state index contributed by atoms with van der Waals surface area (Å²) in [5.41, 5.74) is 4.44. The quantitative estimate of drug-likeness (QED) is 0.489. The van der Waals surface area contributed by atoms with Crippen LogP contribution in [0.2, 0.25) is 0 Å². The van der Waals surface area contributed by atoms with Crippen LogP contribution in [-0.2, 0) is 6.54 Å². The van der Waals surface area contributed by atoms with Crippen LogP contribution in [-0.4, -0.2) is 29.3 Å². The summed E-state index contributed by atoms with van der Waals surface area (Å²) in [6.45, 7) is 2.21. The second-order valence-corrected chi connectivity index (χ2v) is 6.55. The van der Waals surface area contributed by atoms with E-state index in [-0.39, 0.29) is 5.56 Å². The number of hydrogen-bond acceptors (Lipinski definition) is 5. The number of nitrogens with zero attached hydrogens (tertiary/aromatic N) is 6. The minimum atomic E-state index is -0.151. The number of aryl methyl sites for hydroxylation is 1. The third-order valence-electron chi connectivity index (χ3n) is 4.72. The van der Waals surface area contributed by atoms with E-state index in [1.807, 2.05) is 61.5 Å². The summed E-state index contributed by atoms with van der Waals surface area (Å²) < 4.78 is 3.22. The molecule has 0 aliphatic heterocycles. The molecule has 0 fully saturated rings. The molecule has 2 aromatic carbocycles. The van der Waals surface area contributed by atoms with E-state index < -0.39 is 0 Å². The molecule has 3 aromatic heterocycles. The lowest BCUT2D eigenvalue weighted by atomic mass is 10.2. The zero-order chi connectivity index (χ0) is 19.1. The third kappa shape index (κ3) is 2.64. The Morgan fingerprint density at radius 1 is 0.929 bits per heavy atom. The Labute approximate surface area is 159 Å². The topological polar surface area (TPSA) is 78.5 Å². The molecule has 0 radical (unpaired) electrons. The van der Waals surface area contributed by atoms with Crippen molar-refractivity contribution in [2.75, 3.05) is 0 Å². The number of rotatable bonds is 3. The molecule has 0 N–H and O–H groups in total. The van der Waals surface area contributed by atoms with Crippen molar-refractivity contribution in [1.29, 1.82) is 0 Å². The van der Waals surface area contributed by atoms with Gasteiger partial charge in [-0.2, -0.15) is 5.10 Å². The first kappa shape index (κ1) is 16.3. The highest BCUT2D eigenvalue weighted by molar-refractivity contribution is 5.75. The van der Waals surface area contributed by atoms with Crippen LogP contribution >= 0.6 is 0 Å². The second kappa shape index (κ2) is 6.38. The Morgan fingerprint density at radius 2 is 1.64 bits per heavy atom. The molecule has 0 aliphatic carbocycles. The molecule has 5 rings (SSSR count). The molecule has 7 nitrogen and oxygen atoms in total. The summed E-state index contributed by atoms with van der Waals surface area (Å²) >= 11 is 0. The normalized spacial score (nSPS) is 11.3. The summed E-state index contributed by atoms with van der Waals surface area (Å²) in [6.07, 6.45) is 3.11. The monoisotopic (exact) mass is 368 g/mol. The van der Waals surface area contributed by atoms with Crippen molar-refractivity contribution in [1.82, 2.24) is 29.3 Å². The van der Waals surface area contributed by atoms with Gasteiger partial charge in [0.2, 0.25) is 0 Å². The van der Waals surface area contributed by atoms with E-state index in [9.17, 15) is 4.79 Å². The van der Waals surface area contributed by atoms with Gasteiger partial charge in [-0.15, -0.1) is 0 Å². The van der Waals surface area contributed by atoms with Crippen molar-refractivity contribution < 1.29 is 0 Å². The van der Waals surface area contributed by atoms with Gasteiger partial charge in [0.05, 0.1) is 40.9 Å². The summed E-state index contributed by atoms with van der Waals surface area (Å²) in [7, 11) is 0. The van der Waals surface area contributed by atoms with E-state index in [0.29, 0.717) is 17.6 Å². The van der Waals surface area contributed by atoms with Gasteiger partial charge in [-0.3, -0.25) is 9.36 Å². The van der Waals surface area contributed by atoms with Crippen LogP contribution in [0.1, 0.15) is 11.4 Å². The Kier molecular flexibility index (Phi) is 3.72. The maximum absolute atomic E-state index is 13.0. The van der Waals surface area contributed by atoms with Gasteiger partial charge in [-0.1, -0.05) is 30.3 Å². The predicted octanol–water partition coefficient (Wildman–Crippen LogP) is 2.88. The second-order valence-electron chi connectivity index (χ2n) is 6.55. The van der Waals surface area contributed by atoms with Gasteiger partial charge in [0.15, 0.2) is 5.65 Å². The maximum atomic E-state index is 13.0. The number of aromatic nitrogens is 6. The van der Waals surface area contributed by atoms with Gasteiger partial charge >= 0.3 is 0 Å². The predicted molar refractivity (Wildman–Crippen MR) is 107 cm³/mol. The molecule has 136 valence electrons. The summed E-state index contributed by atoms with van der Waals surface area (Å²) in [5.74, 6) is 0. The van der Waals surface area contributed by atoms with E-state index in [1.165, 1.54) is 0 Å². The van der Waals surface area contributed by atoms with Crippen LogP contribution in [0, 0.1) is 6.92 Å². The average molecular weight is 368 g/mol. The molecule has 28 heavy (non-hydrogen) atoms. The average Bonchev–Trinajstić information content (AvgIpc) is 3.16. The highest BCUT2D eigenvalue weighted by atomic mass is 16.1. The van der Waals surface area contributed by atoms with Gasteiger partial charge in [-0.05, 0) is 31.2 Å². The Hall–Kier alpha value is -3.87. The molecule has 0 saturated carbocycles. The fourth-order valence-electron chi connectivity index (χ4n) is 3.26. The van der Waals surface area contributed by atoms with Gasteiger partial charge in [0.25, 0.3) is 5.56 Å². The number of para-hydroxylation sites is 3. The molecule has 7 heteroatoms. The van der Waals surface area contributed by atoms with Crippen LogP contribution in [0.25, 0.3) is 27.8 Å². The van der Waals surface area contributed by atoms with Crippen molar-refractivity contribution in [3.05, 3.63) is 88.9 Å². The molecule has 0 saturated heterocycles. The van der Waals surface area contributed by atoms with Crippen molar-refractivity contribution in [3.63, 3.8) is 0 Å². The fraction of sp³-hybridized carbons (Fsp3) is 0.0952. The number of fused-ring (bicyclic) bond motifs is 2. The van der Waals surface area contributed by atoms with E-state index in [2.05, 4.69) is 20.1 Å². The van der Waals surface area contributed by atoms with E-state index >= 15 is 0 Å². The molecule has 3 heterocycles. The fourth-order valence-corrected chi connectivity index (χ4v) is 3.26. The van der Waals surface area contributed by atoms with Crippen molar-refractivity contribution in [2.24, 2.45) is 0 Å². The lowest BCUT2D eigenvalue weighted by molar-refractivity contribution is 0.721. The first-order valence-corrected chi connectivity index (χ1v) is 8.91. The molecular weight excluding hydrogens is 352 g/mol. The third-order valence-corrected chi connectivity index (χ3v) is 4.72. The molecule has 0 bridgehead atoms. The highest BCUT2D eigenvalue weighted by Gasteiger charge is 2.13. The summed E-state index contributed by atoms with van der Waals surface area (Å²) in [4.78, 5) is 26.7. The first-order valence-electron chi connectivity index (χ1n) is 8.91. The van der Waals surface area contributed by atoms with Crippen molar-refractivity contribution >= 4 is 22.1 Å². The molecule has 0 amide bonds. The van der Waals surface area contributed by atoms with Gasteiger partial charge in [0, 0.05) is 0 Å². The van der Waals surface area contributed by atoms with Gasteiger partial charge in [0.1, 0.15) is 11.7 Å². The largest absolute Gasteiger partial charge is 0.292 e. The van der Waals surface area contributed by atoms with Crippen molar-refractivity contribution in [2.45, 2.75) is 13.5 Å². The zero-order valence-corrected chi connectivity index (χ0v) is 15.1. The smallest absolute Gasteiger partial charge is 0.264 e. The van der Waals surface area contributed by atoms with Crippen LogP contribution in [0.4, 0.5) is 0 Å². The SMILES string of the molecule is Cc1nc2ccccc2nc1Cn1cnc2c(cnn2-c2ccccc2)c1=O. The van der Waals surface area contributed by atoms with Crippen molar-refractivity contribution in [3.8, 4) is 5.69 Å². The molecule has 5 aromatic rings. The highest BCUT2D eigenvalue weighted by Crippen LogP contribution is 2.15. The molecular formula is C21H16N6O. The summed E-state index contributed by atoms with van der Waals surface area (Å²) in [5, 5.41) is 4.82. The van der Waals surface area contributed by atoms with Crippen LogP contribution in [0.3, 0.4) is 0 Å². The number of hydrogen-bond donors (Lipinski definition) is 0. The van der Waals surface area contributed by atoms with Crippen LogP contribution in [0.5, 0.6) is 0 Å². The molecule has 0 atom stereocenters. The molecule has 0 aliphatic rings. The summed E-state index contributed by atoms with van der Waals surface area (Å²) in [6, 6.07) is 17.3. The molecule has 0 spiro atoms. The minimum absolute atomic E-state index is 0.151. The van der Waals surface area contributed by atoms with Gasteiger partial charge < -0.3 is 0 Å². The molecule has 0 unspecified atom stereocenters. The number of benzene rings is 2. The van der Waals surface area contributed by atoms with Gasteiger partial charge in [-0.25, -0.2) is 19.6 Å². The lowest BCUT2D eigenvalue weighted by Gasteiger charge is -2.09. The first-order chi connectivity index (χ1) is 13.7.